The Morgan fingerprint density at radius 1 is 1.05 bits per heavy atom. The SMILES string of the molecule is NC(=O)CCOc1ccc(NCCc2ccccc2)cc1. The van der Waals surface area contributed by atoms with E-state index >= 15 is 0 Å². The van der Waals surface area contributed by atoms with Crippen molar-refractivity contribution in [3.8, 4) is 5.75 Å². The maximum atomic E-state index is 10.6. The number of nitrogens with one attached hydrogen (secondary N) is 1. The first kappa shape index (κ1) is 14.9. The minimum atomic E-state index is -0.353. The molecule has 0 spiro atoms. The molecule has 0 saturated carbocycles. The van der Waals surface area contributed by atoms with E-state index in [1.807, 2.05) is 42.5 Å². The van der Waals surface area contributed by atoms with E-state index in [-0.39, 0.29) is 12.3 Å². The Balaban J connectivity index is 1.73. The number of nitrogens with two attached hydrogens (primary N) is 1. The van der Waals surface area contributed by atoms with E-state index in [2.05, 4.69) is 17.4 Å². The molecular weight excluding hydrogens is 264 g/mol. The second-order valence-corrected chi connectivity index (χ2v) is 4.75. The molecule has 0 unspecified atom stereocenters. The van der Waals surface area contributed by atoms with Gasteiger partial charge in [-0.25, -0.2) is 0 Å². The van der Waals surface area contributed by atoms with Gasteiger partial charge in [-0.05, 0) is 36.2 Å². The third-order valence-electron chi connectivity index (χ3n) is 3.06. The summed E-state index contributed by atoms with van der Waals surface area (Å²) in [6.45, 7) is 1.20. The van der Waals surface area contributed by atoms with E-state index in [4.69, 9.17) is 10.5 Å². The molecule has 2 rings (SSSR count). The minimum absolute atomic E-state index is 0.233. The van der Waals surface area contributed by atoms with Crippen molar-refractivity contribution in [3.63, 3.8) is 0 Å². The molecule has 0 radical (unpaired) electrons. The number of anilines is 1. The zero-order valence-electron chi connectivity index (χ0n) is 11.9. The van der Waals surface area contributed by atoms with Crippen LogP contribution in [0.15, 0.2) is 54.6 Å². The van der Waals surface area contributed by atoms with Crippen molar-refractivity contribution in [2.75, 3.05) is 18.5 Å². The molecule has 21 heavy (non-hydrogen) atoms. The predicted molar refractivity (Wildman–Crippen MR) is 84.4 cm³/mol. The van der Waals surface area contributed by atoms with Crippen molar-refractivity contribution < 1.29 is 9.53 Å². The summed E-state index contributed by atoms with van der Waals surface area (Å²) in [5.41, 5.74) is 7.42. The van der Waals surface area contributed by atoms with Crippen LogP contribution in [-0.2, 0) is 11.2 Å². The molecule has 110 valence electrons. The quantitative estimate of drug-likeness (QED) is 0.783. The molecule has 3 N–H and O–H groups in total. The van der Waals surface area contributed by atoms with Gasteiger partial charge in [0.05, 0.1) is 13.0 Å². The van der Waals surface area contributed by atoms with Crippen molar-refractivity contribution in [1.82, 2.24) is 0 Å². The zero-order chi connectivity index (χ0) is 14.9. The van der Waals surface area contributed by atoms with E-state index in [1.54, 1.807) is 0 Å². The third-order valence-corrected chi connectivity index (χ3v) is 3.06. The van der Waals surface area contributed by atoms with Crippen LogP contribution < -0.4 is 15.8 Å². The molecule has 1 amide bonds. The highest BCUT2D eigenvalue weighted by Gasteiger charge is 1.98. The van der Waals surface area contributed by atoms with Crippen LogP contribution in [0.3, 0.4) is 0 Å². The van der Waals surface area contributed by atoms with Gasteiger partial charge in [0.25, 0.3) is 0 Å². The van der Waals surface area contributed by atoms with Crippen LogP contribution in [0.4, 0.5) is 5.69 Å². The van der Waals surface area contributed by atoms with Gasteiger partial charge in [0.2, 0.25) is 5.91 Å². The summed E-state index contributed by atoms with van der Waals surface area (Å²) in [5, 5.41) is 3.36. The minimum Gasteiger partial charge on any atom is -0.493 e. The Hall–Kier alpha value is -2.49. The standard InChI is InChI=1S/C17H20N2O2/c18-17(20)11-13-21-16-8-6-15(7-9-16)19-12-10-14-4-2-1-3-5-14/h1-9,19H,10-13H2,(H2,18,20). The Labute approximate surface area is 124 Å². The van der Waals surface area contributed by atoms with Gasteiger partial charge in [0.15, 0.2) is 0 Å². The van der Waals surface area contributed by atoms with Crippen LogP contribution in [0.2, 0.25) is 0 Å². The second-order valence-electron chi connectivity index (χ2n) is 4.75. The van der Waals surface area contributed by atoms with Crippen molar-refractivity contribution in [3.05, 3.63) is 60.2 Å². The lowest BCUT2D eigenvalue weighted by molar-refractivity contribution is -0.118. The predicted octanol–water partition coefficient (Wildman–Crippen LogP) is 2.60. The normalized spacial score (nSPS) is 10.1. The van der Waals surface area contributed by atoms with Crippen LogP contribution in [0, 0.1) is 0 Å². The lowest BCUT2D eigenvalue weighted by Gasteiger charge is -2.08. The third kappa shape index (κ3) is 5.57. The Morgan fingerprint density at radius 2 is 1.76 bits per heavy atom. The van der Waals surface area contributed by atoms with Crippen molar-refractivity contribution in [2.45, 2.75) is 12.8 Å². The molecule has 2 aromatic rings. The van der Waals surface area contributed by atoms with Gasteiger partial charge in [0, 0.05) is 12.2 Å². The van der Waals surface area contributed by atoms with Gasteiger partial charge in [0.1, 0.15) is 5.75 Å². The van der Waals surface area contributed by atoms with E-state index in [9.17, 15) is 4.79 Å². The first-order chi connectivity index (χ1) is 10.2. The van der Waals surface area contributed by atoms with Crippen molar-refractivity contribution >= 4 is 11.6 Å². The number of hydrogen-bond donors (Lipinski definition) is 2. The van der Waals surface area contributed by atoms with E-state index in [1.165, 1.54) is 5.56 Å². The van der Waals surface area contributed by atoms with Gasteiger partial charge >= 0.3 is 0 Å². The maximum absolute atomic E-state index is 10.6. The van der Waals surface area contributed by atoms with Crippen LogP contribution in [0.25, 0.3) is 0 Å². The molecule has 0 aliphatic rings. The van der Waals surface area contributed by atoms with Gasteiger partial charge < -0.3 is 15.8 Å². The number of ether oxygens (including phenoxy) is 1. The Kier molecular flexibility index (Phi) is 5.64. The van der Waals surface area contributed by atoms with E-state index < -0.39 is 0 Å². The number of hydrogen-bond acceptors (Lipinski definition) is 3. The van der Waals surface area contributed by atoms with Crippen LogP contribution >= 0.6 is 0 Å². The summed E-state index contributed by atoms with van der Waals surface area (Å²) in [7, 11) is 0. The van der Waals surface area contributed by atoms with Gasteiger partial charge in [-0.1, -0.05) is 30.3 Å². The van der Waals surface area contributed by atoms with Gasteiger partial charge in [-0.3, -0.25) is 4.79 Å². The highest BCUT2D eigenvalue weighted by molar-refractivity contribution is 5.73. The second kappa shape index (κ2) is 7.94. The number of primary amides is 1. The fourth-order valence-electron chi connectivity index (χ4n) is 1.93. The van der Waals surface area contributed by atoms with Crippen molar-refractivity contribution in [2.24, 2.45) is 5.73 Å². The largest absolute Gasteiger partial charge is 0.493 e. The Bertz CT molecular complexity index is 553. The number of rotatable bonds is 8. The molecule has 4 heteroatoms. The average Bonchev–Trinajstić information content (AvgIpc) is 2.50. The molecule has 0 fully saturated rings. The molecule has 0 saturated heterocycles. The molecule has 0 aliphatic heterocycles. The van der Waals surface area contributed by atoms with Crippen LogP contribution in [-0.4, -0.2) is 19.1 Å². The summed E-state index contributed by atoms with van der Waals surface area (Å²) in [5.74, 6) is 0.388. The smallest absolute Gasteiger partial charge is 0.220 e. The number of amides is 1. The molecule has 0 aromatic heterocycles. The molecule has 2 aromatic carbocycles. The first-order valence-corrected chi connectivity index (χ1v) is 7.03. The lowest BCUT2D eigenvalue weighted by Crippen LogP contribution is -2.14. The fraction of sp³-hybridized carbons (Fsp3) is 0.235. The van der Waals surface area contributed by atoms with Crippen LogP contribution in [0.5, 0.6) is 5.75 Å². The molecule has 0 bridgehead atoms. The van der Waals surface area contributed by atoms with Gasteiger partial charge in [-0.2, -0.15) is 0 Å². The van der Waals surface area contributed by atoms with Crippen LogP contribution in [0.1, 0.15) is 12.0 Å². The molecule has 4 nitrogen and oxygen atoms in total. The summed E-state index contributed by atoms with van der Waals surface area (Å²) < 4.78 is 5.42. The number of benzene rings is 2. The monoisotopic (exact) mass is 284 g/mol. The van der Waals surface area contributed by atoms with E-state index in [0.717, 1.165) is 24.4 Å². The van der Waals surface area contributed by atoms with Gasteiger partial charge in [-0.15, -0.1) is 0 Å². The Morgan fingerprint density at radius 3 is 2.43 bits per heavy atom. The molecule has 0 aliphatic carbocycles. The highest BCUT2D eigenvalue weighted by atomic mass is 16.5. The summed E-state index contributed by atoms with van der Waals surface area (Å²) >= 11 is 0. The average molecular weight is 284 g/mol. The maximum Gasteiger partial charge on any atom is 0.220 e. The number of carbonyl (C=O) groups excluding carboxylic acids is 1. The number of carbonyl (C=O) groups is 1. The summed E-state index contributed by atoms with van der Waals surface area (Å²) in [6, 6.07) is 18.1. The zero-order valence-corrected chi connectivity index (χ0v) is 11.9. The summed E-state index contributed by atoms with van der Waals surface area (Å²) in [4.78, 5) is 10.6. The fourth-order valence-corrected chi connectivity index (χ4v) is 1.93. The van der Waals surface area contributed by atoms with Crippen molar-refractivity contribution in [1.29, 1.82) is 0 Å². The highest BCUT2D eigenvalue weighted by Crippen LogP contribution is 2.15. The topological polar surface area (TPSA) is 64.4 Å². The lowest BCUT2D eigenvalue weighted by atomic mass is 10.1. The molecular formula is C17H20N2O2. The first-order valence-electron chi connectivity index (χ1n) is 7.03. The molecule has 0 atom stereocenters. The molecule has 0 heterocycles. The van der Waals surface area contributed by atoms with E-state index in [0.29, 0.717) is 6.61 Å². The summed E-state index contributed by atoms with van der Waals surface area (Å²) in [6.07, 6.45) is 1.22.